The highest BCUT2D eigenvalue weighted by atomic mass is 32.2. The van der Waals surface area contributed by atoms with Gasteiger partial charge in [0, 0.05) is 37.1 Å². The number of imidazole rings is 1. The molecular formula is C26H28F2N10O5S2. The Kier molecular flexibility index (Phi) is 8.08. The van der Waals surface area contributed by atoms with Gasteiger partial charge >= 0.3 is 0 Å². The molecule has 0 aliphatic carbocycles. The fourth-order valence-corrected chi connectivity index (χ4v) is 7.13. The summed E-state index contributed by atoms with van der Waals surface area (Å²) < 4.78 is 79.6. The number of aryl methyl sites for hydroxylation is 1. The lowest BCUT2D eigenvalue weighted by atomic mass is 10.1. The molecule has 1 aromatic carbocycles. The number of hydrogen-bond donors (Lipinski definition) is 2. The van der Waals surface area contributed by atoms with Crippen molar-refractivity contribution in [2.45, 2.75) is 38.3 Å². The number of rotatable bonds is 10. The van der Waals surface area contributed by atoms with Crippen LogP contribution in [0, 0.1) is 0 Å². The predicted molar refractivity (Wildman–Crippen MR) is 160 cm³/mol. The number of nitrogens with zero attached hydrogens (tertiary/aromatic N) is 8. The van der Waals surface area contributed by atoms with Gasteiger partial charge in [0.15, 0.2) is 0 Å². The Balaban J connectivity index is 1.26. The molecule has 19 heteroatoms. The van der Waals surface area contributed by atoms with Gasteiger partial charge in [-0.1, -0.05) is 6.07 Å². The molecule has 0 spiro atoms. The zero-order valence-corrected chi connectivity index (χ0v) is 25.5. The molecule has 4 aromatic heterocycles. The van der Waals surface area contributed by atoms with Crippen LogP contribution in [0.25, 0.3) is 22.1 Å². The maximum absolute atomic E-state index is 13.9. The second kappa shape index (κ2) is 11.9. The third kappa shape index (κ3) is 6.54. The topological polar surface area (TPSA) is 191 Å². The number of H-pyrrole nitrogens is 1. The van der Waals surface area contributed by atoms with Crippen LogP contribution in [0.15, 0.2) is 47.9 Å². The number of aromatic amines is 1. The molecule has 5 aromatic rings. The molecule has 45 heavy (non-hydrogen) atoms. The third-order valence-corrected chi connectivity index (χ3v) is 10.3. The average Bonchev–Trinajstić information content (AvgIpc) is 3.68. The number of fused-ring (bicyclic) bond motifs is 2. The fraction of sp³-hybridized carbons (Fsp3) is 0.385. The number of hydrogen-bond acceptors (Lipinski definition) is 11. The fourth-order valence-electron chi connectivity index (χ4n) is 5.24. The molecule has 1 saturated heterocycles. The minimum atomic E-state index is -3.72. The SMILES string of the molecule is CS(=O)(=O)N1CCC(Nc2ncc3cc(C(F)F)c(=O)n(Cc4ccc5nc(CCS(=O)(=O)n6cncn6)[nH]c5c4)c3n2)CC1. The van der Waals surface area contributed by atoms with Crippen molar-refractivity contribution in [3.05, 3.63) is 70.4 Å². The largest absolute Gasteiger partial charge is 0.351 e. The summed E-state index contributed by atoms with van der Waals surface area (Å²) in [5, 5.41) is 7.09. The van der Waals surface area contributed by atoms with Crippen LogP contribution in [0.4, 0.5) is 14.7 Å². The predicted octanol–water partition coefficient (Wildman–Crippen LogP) is 1.50. The van der Waals surface area contributed by atoms with E-state index in [2.05, 4.69) is 35.3 Å². The standard InChI is InChI=1S/C26H28F2N10O5S2/c1-44(40,41)36-7-4-18(5-8-36)32-26-30-12-17-11-19(23(27)28)25(39)37(24(17)35-26)13-16-2-3-20-21(10-16)34-22(33-20)6-9-45(42,43)38-15-29-14-31-38/h2-3,10-12,14-15,18,23H,4-9,13H2,1H3,(H,33,34)(H,30,32,35). The molecule has 15 nitrogen and oxygen atoms in total. The van der Waals surface area contributed by atoms with Gasteiger partial charge < -0.3 is 10.3 Å². The molecule has 0 radical (unpaired) electrons. The summed E-state index contributed by atoms with van der Waals surface area (Å²) in [5.41, 5.74) is 0.288. The van der Waals surface area contributed by atoms with Crippen LogP contribution in [-0.2, 0) is 33.0 Å². The number of anilines is 1. The summed E-state index contributed by atoms with van der Waals surface area (Å²) in [6.45, 7) is 0.577. The first-order chi connectivity index (χ1) is 21.4. The number of nitrogens with one attached hydrogen (secondary N) is 2. The van der Waals surface area contributed by atoms with Crippen molar-refractivity contribution < 1.29 is 25.6 Å². The Morgan fingerprint density at radius 2 is 1.89 bits per heavy atom. The highest BCUT2D eigenvalue weighted by Gasteiger charge is 2.26. The van der Waals surface area contributed by atoms with Gasteiger partial charge in [-0.15, -0.1) is 9.19 Å². The van der Waals surface area contributed by atoms with Crippen LogP contribution in [0.5, 0.6) is 0 Å². The Morgan fingerprint density at radius 1 is 1.11 bits per heavy atom. The van der Waals surface area contributed by atoms with Crippen LogP contribution in [0.2, 0.25) is 0 Å². The summed E-state index contributed by atoms with van der Waals surface area (Å²) in [4.78, 5) is 33.2. The molecule has 238 valence electrons. The van der Waals surface area contributed by atoms with E-state index >= 15 is 0 Å². The first kappa shape index (κ1) is 30.7. The second-order valence-corrected chi connectivity index (χ2v) is 14.6. The maximum atomic E-state index is 13.9. The summed E-state index contributed by atoms with van der Waals surface area (Å²) in [6, 6.07) is 6.06. The van der Waals surface area contributed by atoms with Crippen molar-refractivity contribution in [2.75, 3.05) is 30.4 Å². The van der Waals surface area contributed by atoms with E-state index in [1.807, 2.05) is 0 Å². The molecule has 1 fully saturated rings. The highest BCUT2D eigenvalue weighted by Crippen LogP contribution is 2.23. The Morgan fingerprint density at radius 3 is 2.58 bits per heavy atom. The van der Waals surface area contributed by atoms with E-state index in [0.717, 1.165) is 29.1 Å². The van der Waals surface area contributed by atoms with Gasteiger partial charge in [0.25, 0.3) is 22.0 Å². The Bertz CT molecular complexity index is 2140. The molecule has 2 N–H and O–H groups in total. The molecule has 5 heterocycles. The number of pyridine rings is 1. The molecule has 1 aliphatic rings. The molecule has 0 saturated carbocycles. The van der Waals surface area contributed by atoms with E-state index in [4.69, 9.17) is 0 Å². The van der Waals surface area contributed by atoms with Crippen LogP contribution in [0.1, 0.15) is 36.2 Å². The van der Waals surface area contributed by atoms with E-state index in [9.17, 15) is 30.4 Å². The number of piperidine rings is 1. The normalized spacial score (nSPS) is 15.4. The lowest BCUT2D eigenvalue weighted by Crippen LogP contribution is -2.42. The van der Waals surface area contributed by atoms with E-state index in [1.165, 1.54) is 15.1 Å². The van der Waals surface area contributed by atoms with Gasteiger partial charge in [0.2, 0.25) is 16.0 Å². The molecular weight excluding hydrogens is 634 g/mol. The lowest BCUT2D eigenvalue weighted by molar-refractivity contribution is 0.149. The number of sulfonamides is 1. The minimum absolute atomic E-state index is 0.0761. The second-order valence-electron chi connectivity index (χ2n) is 10.7. The summed E-state index contributed by atoms with van der Waals surface area (Å²) in [7, 11) is -7.01. The van der Waals surface area contributed by atoms with Crippen molar-refractivity contribution in [2.24, 2.45) is 0 Å². The first-order valence-electron chi connectivity index (χ1n) is 13.8. The van der Waals surface area contributed by atoms with E-state index in [0.29, 0.717) is 48.4 Å². The minimum Gasteiger partial charge on any atom is -0.351 e. The average molecular weight is 663 g/mol. The number of alkyl halides is 2. The summed E-state index contributed by atoms with van der Waals surface area (Å²) in [5.74, 6) is 0.337. The number of aromatic nitrogens is 8. The maximum Gasteiger partial charge on any atom is 0.269 e. The first-order valence-corrected chi connectivity index (χ1v) is 17.3. The molecule has 0 bridgehead atoms. The molecule has 0 atom stereocenters. The third-order valence-electron chi connectivity index (χ3n) is 7.56. The van der Waals surface area contributed by atoms with Crippen molar-refractivity contribution in [3.63, 3.8) is 0 Å². The van der Waals surface area contributed by atoms with Crippen molar-refractivity contribution >= 4 is 48.1 Å². The van der Waals surface area contributed by atoms with Gasteiger partial charge in [0.05, 0.1) is 35.2 Å². The Hall–Kier alpha value is -4.36. The van der Waals surface area contributed by atoms with E-state index in [-0.39, 0.29) is 41.7 Å². The van der Waals surface area contributed by atoms with Crippen LogP contribution < -0.4 is 10.9 Å². The number of halogens is 2. The van der Waals surface area contributed by atoms with Gasteiger partial charge in [-0.25, -0.2) is 44.9 Å². The smallest absolute Gasteiger partial charge is 0.269 e. The molecule has 0 unspecified atom stereocenters. The van der Waals surface area contributed by atoms with Crippen molar-refractivity contribution in [3.8, 4) is 0 Å². The zero-order valence-electron chi connectivity index (χ0n) is 23.8. The van der Waals surface area contributed by atoms with Gasteiger partial charge in [-0.05, 0) is 36.6 Å². The zero-order chi connectivity index (χ0) is 31.9. The lowest BCUT2D eigenvalue weighted by Gasteiger charge is -2.30. The highest BCUT2D eigenvalue weighted by molar-refractivity contribution is 7.89. The summed E-state index contributed by atoms with van der Waals surface area (Å²) >= 11 is 0. The van der Waals surface area contributed by atoms with Gasteiger partial charge in [-0.2, -0.15) is 4.98 Å². The van der Waals surface area contributed by atoms with Gasteiger partial charge in [-0.3, -0.25) is 9.36 Å². The monoisotopic (exact) mass is 662 g/mol. The Labute approximate surface area is 255 Å². The quantitative estimate of drug-likeness (QED) is 0.220. The molecule has 1 aliphatic heterocycles. The van der Waals surface area contributed by atoms with Gasteiger partial charge in [0.1, 0.15) is 24.1 Å². The van der Waals surface area contributed by atoms with E-state index < -0.39 is 37.6 Å². The van der Waals surface area contributed by atoms with Crippen LogP contribution >= 0.6 is 0 Å². The molecule has 0 amide bonds. The van der Waals surface area contributed by atoms with E-state index in [1.54, 1.807) is 18.2 Å². The number of benzene rings is 1. The van der Waals surface area contributed by atoms with Crippen LogP contribution in [-0.4, -0.2) is 91.0 Å². The van der Waals surface area contributed by atoms with Crippen molar-refractivity contribution in [1.29, 1.82) is 0 Å². The molecule has 6 rings (SSSR count). The van der Waals surface area contributed by atoms with Crippen LogP contribution in [0.3, 0.4) is 0 Å². The van der Waals surface area contributed by atoms with Crippen molar-refractivity contribution in [1.82, 2.24) is 43.0 Å². The summed E-state index contributed by atoms with van der Waals surface area (Å²) in [6.07, 6.45) is 2.86.